The van der Waals surface area contributed by atoms with Gasteiger partial charge in [0.1, 0.15) is 6.33 Å². The molecule has 0 spiro atoms. The van der Waals surface area contributed by atoms with E-state index in [1.807, 2.05) is 30.3 Å². The second kappa shape index (κ2) is 9.71. The number of carbonyl (C=O) groups excluding carboxylic acids is 2. The number of hydrogen-bond donors (Lipinski definition) is 1. The topological polar surface area (TPSA) is 86.1 Å². The largest absolute Gasteiger partial charge is 0.466 e. The summed E-state index contributed by atoms with van der Waals surface area (Å²) in [4.78, 5) is 27.1. The number of nitrogens with zero attached hydrogens (tertiary/aromatic N) is 3. The quantitative estimate of drug-likeness (QED) is 0.423. The highest BCUT2D eigenvalue weighted by Crippen LogP contribution is 2.13. The zero-order valence-electron chi connectivity index (χ0n) is 13.5. The van der Waals surface area contributed by atoms with Crippen molar-refractivity contribution in [1.29, 1.82) is 0 Å². The molecule has 0 aliphatic rings. The van der Waals surface area contributed by atoms with Gasteiger partial charge in [-0.1, -0.05) is 30.0 Å². The Morgan fingerprint density at radius 1 is 1.29 bits per heavy atom. The van der Waals surface area contributed by atoms with Gasteiger partial charge in [0.05, 0.1) is 18.0 Å². The maximum Gasteiger partial charge on any atom is 0.305 e. The molecule has 1 N–H and O–H groups in total. The fraction of sp³-hybridized carbons (Fsp3) is 0.375. The van der Waals surface area contributed by atoms with E-state index in [2.05, 4.69) is 15.4 Å². The van der Waals surface area contributed by atoms with Gasteiger partial charge >= 0.3 is 5.97 Å². The predicted octanol–water partition coefficient (Wildman–Crippen LogP) is 1.82. The molecular formula is C16H20N4O3S. The lowest BCUT2D eigenvalue weighted by atomic mass is 10.3. The monoisotopic (exact) mass is 348 g/mol. The first-order valence-corrected chi connectivity index (χ1v) is 8.70. The standard InChI is InChI=1S/C16H20N4O3S/c1-2-23-15(22)9-6-10-17-14(21)11-24-16-18-12-20(19-16)13-7-4-3-5-8-13/h3-5,7-8,12H,2,6,9-11H2,1H3,(H,17,21). The summed E-state index contributed by atoms with van der Waals surface area (Å²) in [5.41, 5.74) is 0.917. The Kier molecular flexibility index (Phi) is 7.28. The minimum absolute atomic E-state index is 0.111. The van der Waals surface area contributed by atoms with E-state index in [1.165, 1.54) is 11.8 Å². The third kappa shape index (κ3) is 6.04. The Hall–Kier alpha value is -2.35. The Bertz CT molecular complexity index is 660. The summed E-state index contributed by atoms with van der Waals surface area (Å²) in [5.74, 6) is -0.116. The molecule has 1 amide bonds. The summed E-state index contributed by atoms with van der Waals surface area (Å²) in [7, 11) is 0. The minimum Gasteiger partial charge on any atom is -0.466 e. The van der Waals surface area contributed by atoms with Crippen LogP contribution in [0.2, 0.25) is 0 Å². The number of para-hydroxylation sites is 1. The zero-order valence-corrected chi connectivity index (χ0v) is 14.3. The van der Waals surface area contributed by atoms with Crippen LogP contribution in [0.25, 0.3) is 5.69 Å². The smallest absolute Gasteiger partial charge is 0.305 e. The van der Waals surface area contributed by atoms with Crippen LogP contribution in [0.15, 0.2) is 41.8 Å². The summed E-state index contributed by atoms with van der Waals surface area (Å²) in [6.07, 6.45) is 2.50. The fourth-order valence-electron chi connectivity index (χ4n) is 1.89. The van der Waals surface area contributed by atoms with Gasteiger partial charge in [-0.2, -0.15) is 0 Å². The summed E-state index contributed by atoms with van der Waals surface area (Å²) in [6.45, 7) is 2.60. The number of benzene rings is 1. The molecule has 0 aliphatic carbocycles. The van der Waals surface area contributed by atoms with Crippen LogP contribution in [-0.4, -0.2) is 45.5 Å². The highest BCUT2D eigenvalue weighted by molar-refractivity contribution is 7.99. The van der Waals surface area contributed by atoms with E-state index in [4.69, 9.17) is 4.74 Å². The molecule has 0 fully saturated rings. The number of hydrogen-bond acceptors (Lipinski definition) is 6. The van der Waals surface area contributed by atoms with Crippen LogP contribution >= 0.6 is 11.8 Å². The number of esters is 1. The molecule has 1 heterocycles. The molecule has 0 unspecified atom stereocenters. The number of rotatable bonds is 9. The average molecular weight is 348 g/mol. The number of amides is 1. The first kappa shape index (κ1) is 18.0. The van der Waals surface area contributed by atoms with Crippen LogP contribution in [0.3, 0.4) is 0 Å². The van der Waals surface area contributed by atoms with E-state index < -0.39 is 0 Å². The molecular weight excluding hydrogens is 328 g/mol. The molecule has 2 aromatic rings. The molecule has 128 valence electrons. The van der Waals surface area contributed by atoms with Crippen LogP contribution in [0.5, 0.6) is 0 Å². The molecule has 1 aromatic carbocycles. The van der Waals surface area contributed by atoms with Crippen LogP contribution < -0.4 is 5.32 Å². The molecule has 24 heavy (non-hydrogen) atoms. The lowest BCUT2D eigenvalue weighted by Gasteiger charge is -2.04. The molecule has 0 saturated heterocycles. The van der Waals surface area contributed by atoms with Crippen molar-refractivity contribution in [1.82, 2.24) is 20.1 Å². The van der Waals surface area contributed by atoms with Gasteiger partial charge in [0, 0.05) is 13.0 Å². The first-order valence-electron chi connectivity index (χ1n) is 7.71. The highest BCUT2D eigenvalue weighted by Gasteiger charge is 2.08. The molecule has 0 radical (unpaired) electrons. The van der Waals surface area contributed by atoms with E-state index in [-0.39, 0.29) is 17.6 Å². The average Bonchev–Trinajstić information content (AvgIpc) is 3.07. The number of aromatic nitrogens is 3. The van der Waals surface area contributed by atoms with Gasteiger partial charge in [0.15, 0.2) is 0 Å². The number of carbonyl (C=O) groups is 2. The van der Waals surface area contributed by atoms with Crippen molar-refractivity contribution < 1.29 is 14.3 Å². The Balaban J connectivity index is 1.67. The number of ether oxygens (including phenoxy) is 1. The second-order valence-electron chi connectivity index (χ2n) is 4.85. The van der Waals surface area contributed by atoms with Crippen LogP contribution in [0.4, 0.5) is 0 Å². The summed E-state index contributed by atoms with van der Waals surface area (Å²) in [5, 5.41) is 7.62. The van der Waals surface area contributed by atoms with E-state index >= 15 is 0 Å². The van der Waals surface area contributed by atoms with Gasteiger partial charge in [0.2, 0.25) is 11.1 Å². The van der Waals surface area contributed by atoms with Crippen molar-refractivity contribution in [3.8, 4) is 5.69 Å². The van der Waals surface area contributed by atoms with Gasteiger partial charge < -0.3 is 10.1 Å². The first-order chi connectivity index (χ1) is 11.7. The third-order valence-corrected chi connectivity index (χ3v) is 3.86. The SMILES string of the molecule is CCOC(=O)CCCNC(=O)CSc1ncn(-c2ccccc2)n1. The Morgan fingerprint density at radius 2 is 2.08 bits per heavy atom. The molecule has 0 bridgehead atoms. The third-order valence-electron chi connectivity index (χ3n) is 3.01. The van der Waals surface area contributed by atoms with Crippen LogP contribution in [0, 0.1) is 0 Å². The van der Waals surface area contributed by atoms with E-state index in [1.54, 1.807) is 17.9 Å². The van der Waals surface area contributed by atoms with Crippen molar-refractivity contribution >= 4 is 23.6 Å². The lowest BCUT2D eigenvalue weighted by Crippen LogP contribution is -2.26. The van der Waals surface area contributed by atoms with Gasteiger partial charge in [-0.15, -0.1) is 5.10 Å². The Labute approximate surface area is 144 Å². The Morgan fingerprint density at radius 3 is 2.83 bits per heavy atom. The normalized spacial score (nSPS) is 10.4. The van der Waals surface area contributed by atoms with Gasteiger partial charge in [0.25, 0.3) is 0 Å². The predicted molar refractivity (Wildman–Crippen MR) is 91.0 cm³/mol. The van der Waals surface area contributed by atoms with Gasteiger partial charge in [-0.05, 0) is 25.5 Å². The van der Waals surface area contributed by atoms with E-state index in [9.17, 15) is 9.59 Å². The van der Waals surface area contributed by atoms with Gasteiger partial charge in [-0.25, -0.2) is 9.67 Å². The fourth-order valence-corrected chi connectivity index (χ4v) is 2.52. The van der Waals surface area contributed by atoms with Crippen molar-refractivity contribution in [2.24, 2.45) is 0 Å². The highest BCUT2D eigenvalue weighted by atomic mass is 32.2. The minimum atomic E-state index is -0.239. The lowest BCUT2D eigenvalue weighted by molar-refractivity contribution is -0.143. The molecule has 0 saturated carbocycles. The molecule has 0 aliphatic heterocycles. The zero-order chi connectivity index (χ0) is 17.2. The molecule has 7 nitrogen and oxygen atoms in total. The summed E-state index contributed by atoms with van der Waals surface area (Å²) < 4.78 is 6.48. The van der Waals surface area contributed by atoms with E-state index in [0.29, 0.717) is 31.1 Å². The molecule has 1 aromatic heterocycles. The van der Waals surface area contributed by atoms with Gasteiger partial charge in [-0.3, -0.25) is 9.59 Å². The molecule has 0 atom stereocenters. The van der Waals surface area contributed by atoms with Crippen LogP contribution in [0.1, 0.15) is 19.8 Å². The van der Waals surface area contributed by atoms with Crippen molar-refractivity contribution in [2.75, 3.05) is 18.9 Å². The maximum atomic E-state index is 11.8. The molecule has 8 heteroatoms. The van der Waals surface area contributed by atoms with Crippen molar-refractivity contribution in [3.05, 3.63) is 36.7 Å². The second-order valence-corrected chi connectivity index (χ2v) is 5.80. The van der Waals surface area contributed by atoms with Crippen molar-refractivity contribution in [2.45, 2.75) is 24.9 Å². The molecule has 2 rings (SSSR count). The van der Waals surface area contributed by atoms with E-state index in [0.717, 1.165) is 5.69 Å². The van der Waals surface area contributed by atoms with Crippen LogP contribution in [-0.2, 0) is 14.3 Å². The summed E-state index contributed by atoms with van der Waals surface area (Å²) >= 11 is 1.27. The van der Waals surface area contributed by atoms with Crippen molar-refractivity contribution in [3.63, 3.8) is 0 Å². The number of nitrogens with one attached hydrogen (secondary N) is 1. The summed E-state index contributed by atoms with van der Waals surface area (Å²) in [6, 6.07) is 9.64. The maximum absolute atomic E-state index is 11.8. The number of thioether (sulfide) groups is 1.